The van der Waals surface area contributed by atoms with Crippen molar-refractivity contribution in [3.8, 4) is 0 Å². The van der Waals surface area contributed by atoms with Gasteiger partial charge in [0.1, 0.15) is 0 Å². The van der Waals surface area contributed by atoms with Crippen molar-refractivity contribution in [3.05, 3.63) is 30.3 Å². The van der Waals surface area contributed by atoms with E-state index >= 15 is 0 Å². The van der Waals surface area contributed by atoms with E-state index in [1.54, 1.807) is 18.2 Å². The Kier molecular flexibility index (Phi) is 6.36. The molecule has 118 valence electrons. The van der Waals surface area contributed by atoms with Gasteiger partial charge in [-0.05, 0) is 24.0 Å². The van der Waals surface area contributed by atoms with Crippen molar-refractivity contribution in [2.24, 2.45) is 5.41 Å². The summed E-state index contributed by atoms with van der Waals surface area (Å²) in [6.45, 7) is 4.34. The number of hydrogen-bond donors (Lipinski definition) is 2. The molecule has 1 aromatic carbocycles. The van der Waals surface area contributed by atoms with Gasteiger partial charge in [0, 0.05) is 19.6 Å². The average molecular weight is 313 g/mol. The maximum absolute atomic E-state index is 12.0. The minimum absolute atomic E-state index is 0.0608. The predicted octanol–water partition coefficient (Wildman–Crippen LogP) is 1.38. The molecule has 0 heterocycles. The fraction of sp³-hybridized carbons (Fsp3) is 0.533. The van der Waals surface area contributed by atoms with Crippen LogP contribution in [0.3, 0.4) is 0 Å². The molecule has 0 radical (unpaired) electrons. The largest absolute Gasteiger partial charge is 0.396 e. The van der Waals surface area contributed by atoms with Gasteiger partial charge in [-0.25, -0.2) is 8.42 Å². The molecule has 21 heavy (non-hydrogen) atoms. The summed E-state index contributed by atoms with van der Waals surface area (Å²) in [7, 11) is -3.42. The number of hydrogen-bond acceptors (Lipinski definition) is 4. The molecule has 0 fully saturated rings. The van der Waals surface area contributed by atoms with Gasteiger partial charge in [0.25, 0.3) is 0 Å². The van der Waals surface area contributed by atoms with E-state index in [0.29, 0.717) is 13.0 Å². The molecule has 0 spiro atoms. The molecule has 0 atom stereocenters. The summed E-state index contributed by atoms with van der Waals surface area (Å²) in [6, 6.07) is 8.11. The highest BCUT2D eigenvalue weighted by atomic mass is 32.2. The zero-order valence-electron chi connectivity index (χ0n) is 12.5. The second-order valence-corrected chi connectivity index (χ2v) is 7.91. The van der Waals surface area contributed by atoms with Crippen LogP contribution in [0.25, 0.3) is 0 Å². The number of carbonyl (C=O) groups excluding carboxylic acids is 1. The van der Waals surface area contributed by atoms with E-state index < -0.39 is 9.84 Å². The highest BCUT2D eigenvalue weighted by Gasteiger charge is 2.20. The monoisotopic (exact) mass is 313 g/mol. The van der Waals surface area contributed by atoms with Crippen LogP contribution in [0.4, 0.5) is 0 Å². The summed E-state index contributed by atoms with van der Waals surface area (Å²) in [6.07, 6.45) is 0.516. The summed E-state index contributed by atoms with van der Waals surface area (Å²) in [4.78, 5) is 12.0. The van der Waals surface area contributed by atoms with Crippen LogP contribution >= 0.6 is 0 Å². The first-order chi connectivity index (χ1) is 9.77. The molecular weight excluding hydrogens is 290 g/mol. The van der Waals surface area contributed by atoms with E-state index in [1.165, 1.54) is 12.1 Å². The Hall–Kier alpha value is -1.40. The van der Waals surface area contributed by atoms with E-state index in [4.69, 9.17) is 5.11 Å². The molecule has 1 amide bonds. The molecular formula is C15H23NO4S. The Bertz CT molecular complexity index is 552. The van der Waals surface area contributed by atoms with Gasteiger partial charge in [-0.15, -0.1) is 0 Å². The fourth-order valence-electron chi connectivity index (χ4n) is 1.79. The van der Waals surface area contributed by atoms with Crippen LogP contribution < -0.4 is 5.32 Å². The highest BCUT2D eigenvalue weighted by molar-refractivity contribution is 7.91. The second kappa shape index (κ2) is 7.56. The number of carbonyl (C=O) groups is 1. The van der Waals surface area contributed by atoms with Crippen LogP contribution in [-0.4, -0.2) is 38.3 Å². The molecule has 6 heteroatoms. The third kappa shape index (κ3) is 6.27. The van der Waals surface area contributed by atoms with Gasteiger partial charge >= 0.3 is 0 Å². The smallest absolute Gasteiger partial charge is 0.221 e. The van der Waals surface area contributed by atoms with E-state index in [0.717, 1.165) is 0 Å². The molecule has 0 aliphatic carbocycles. The van der Waals surface area contributed by atoms with Crippen molar-refractivity contribution in [2.75, 3.05) is 18.9 Å². The standard InChI is InChI=1S/C15H23NO4S/c1-15(2,9-10-17)12-16-14(18)8-11-21(19,20)13-6-4-3-5-7-13/h3-7,17H,8-12H2,1-2H3,(H,16,18). The lowest BCUT2D eigenvalue weighted by atomic mass is 9.90. The second-order valence-electron chi connectivity index (χ2n) is 5.80. The third-order valence-corrected chi connectivity index (χ3v) is 4.98. The molecule has 0 saturated heterocycles. The quantitative estimate of drug-likeness (QED) is 0.759. The van der Waals surface area contributed by atoms with Crippen LogP contribution in [0.2, 0.25) is 0 Å². The number of aliphatic hydroxyl groups is 1. The van der Waals surface area contributed by atoms with E-state index in [-0.39, 0.29) is 35.0 Å². The number of benzene rings is 1. The maximum Gasteiger partial charge on any atom is 0.221 e. The lowest BCUT2D eigenvalue weighted by Crippen LogP contribution is -2.35. The average Bonchev–Trinajstić information content (AvgIpc) is 2.44. The lowest BCUT2D eigenvalue weighted by molar-refractivity contribution is -0.121. The van der Waals surface area contributed by atoms with Crippen LogP contribution in [0.15, 0.2) is 35.2 Å². The van der Waals surface area contributed by atoms with Crippen LogP contribution in [-0.2, 0) is 14.6 Å². The zero-order valence-corrected chi connectivity index (χ0v) is 13.3. The summed E-state index contributed by atoms with van der Waals surface area (Å²) >= 11 is 0. The summed E-state index contributed by atoms with van der Waals surface area (Å²) in [5.41, 5.74) is -0.206. The van der Waals surface area contributed by atoms with Crippen molar-refractivity contribution >= 4 is 15.7 Å². The van der Waals surface area contributed by atoms with Crippen LogP contribution in [0.1, 0.15) is 26.7 Å². The zero-order chi connectivity index (χ0) is 15.9. The van der Waals surface area contributed by atoms with Crippen molar-refractivity contribution in [3.63, 3.8) is 0 Å². The third-order valence-electron chi connectivity index (χ3n) is 3.25. The van der Waals surface area contributed by atoms with Gasteiger partial charge in [0.2, 0.25) is 5.91 Å². The first kappa shape index (κ1) is 17.7. The van der Waals surface area contributed by atoms with Crippen molar-refractivity contribution in [1.29, 1.82) is 0 Å². The molecule has 1 rings (SSSR count). The summed E-state index contributed by atoms with van der Waals surface area (Å²) in [5.74, 6) is -0.496. The van der Waals surface area contributed by atoms with E-state index in [9.17, 15) is 13.2 Å². The Labute approximate surface area is 126 Å². The van der Waals surface area contributed by atoms with Gasteiger partial charge in [-0.2, -0.15) is 0 Å². The number of aliphatic hydroxyl groups excluding tert-OH is 1. The Morgan fingerprint density at radius 1 is 1.24 bits per heavy atom. The minimum Gasteiger partial charge on any atom is -0.396 e. The number of amides is 1. The Morgan fingerprint density at radius 3 is 2.43 bits per heavy atom. The molecule has 1 aromatic rings. The molecule has 5 nitrogen and oxygen atoms in total. The lowest BCUT2D eigenvalue weighted by Gasteiger charge is -2.23. The first-order valence-corrected chi connectivity index (χ1v) is 8.57. The van der Waals surface area contributed by atoms with Crippen molar-refractivity contribution < 1.29 is 18.3 Å². The van der Waals surface area contributed by atoms with Gasteiger partial charge in [0.15, 0.2) is 9.84 Å². The van der Waals surface area contributed by atoms with Crippen LogP contribution in [0, 0.1) is 5.41 Å². The normalized spacial score (nSPS) is 12.1. The van der Waals surface area contributed by atoms with Gasteiger partial charge in [0.05, 0.1) is 10.6 Å². The highest BCUT2D eigenvalue weighted by Crippen LogP contribution is 2.18. The minimum atomic E-state index is -3.42. The molecule has 0 unspecified atom stereocenters. The number of sulfone groups is 1. The van der Waals surface area contributed by atoms with Crippen molar-refractivity contribution in [2.45, 2.75) is 31.6 Å². The molecule has 0 aromatic heterocycles. The molecule has 2 N–H and O–H groups in total. The van der Waals surface area contributed by atoms with E-state index in [2.05, 4.69) is 5.32 Å². The van der Waals surface area contributed by atoms with Gasteiger partial charge < -0.3 is 10.4 Å². The first-order valence-electron chi connectivity index (χ1n) is 6.92. The summed E-state index contributed by atoms with van der Waals surface area (Å²) < 4.78 is 24.1. The van der Waals surface area contributed by atoms with Gasteiger partial charge in [-0.3, -0.25) is 4.79 Å². The molecule has 0 aliphatic rings. The van der Waals surface area contributed by atoms with Crippen LogP contribution in [0.5, 0.6) is 0 Å². The molecule has 0 aliphatic heterocycles. The molecule has 0 saturated carbocycles. The Morgan fingerprint density at radius 2 is 1.86 bits per heavy atom. The number of nitrogens with one attached hydrogen (secondary N) is 1. The Balaban J connectivity index is 2.47. The van der Waals surface area contributed by atoms with Gasteiger partial charge in [-0.1, -0.05) is 32.0 Å². The topological polar surface area (TPSA) is 83.5 Å². The van der Waals surface area contributed by atoms with E-state index in [1.807, 2.05) is 13.8 Å². The predicted molar refractivity (Wildman–Crippen MR) is 81.6 cm³/mol. The summed E-state index contributed by atoms with van der Waals surface area (Å²) in [5, 5.41) is 11.6. The molecule has 0 bridgehead atoms. The maximum atomic E-state index is 12.0. The fourth-order valence-corrected chi connectivity index (χ4v) is 3.05. The number of rotatable bonds is 8. The van der Waals surface area contributed by atoms with Crippen molar-refractivity contribution in [1.82, 2.24) is 5.32 Å². The SMILES string of the molecule is CC(C)(CCO)CNC(=O)CCS(=O)(=O)c1ccccc1.